The second kappa shape index (κ2) is 6.12. The van der Waals surface area contributed by atoms with Gasteiger partial charge in [0.05, 0.1) is 0 Å². The first-order valence-corrected chi connectivity index (χ1v) is 8.19. The minimum Gasteiger partial charge on any atom is -0.309 e. The van der Waals surface area contributed by atoms with E-state index in [4.69, 9.17) is 0 Å². The van der Waals surface area contributed by atoms with E-state index in [9.17, 15) is 0 Å². The van der Waals surface area contributed by atoms with Gasteiger partial charge in [0, 0.05) is 17.0 Å². The van der Waals surface area contributed by atoms with E-state index in [1.54, 1.807) is 5.56 Å². The molecule has 1 nitrogen and oxygen atoms in total. The summed E-state index contributed by atoms with van der Waals surface area (Å²) in [4.78, 5) is 0. The van der Waals surface area contributed by atoms with E-state index in [1.807, 2.05) is 0 Å². The summed E-state index contributed by atoms with van der Waals surface area (Å²) in [6.45, 7) is 10.1. The van der Waals surface area contributed by atoms with Gasteiger partial charge in [0.25, 0.3) is 0 Å². The van der Waals surface area contributed by atoms with Crippen molar-refractivity contribution >= 4 is 11.8 Å². The maximum atomic E-state index is 3.69. The molecule has 18 heavy (non-hydrogen) atoms. The van der Waals surface area contributed by atoms with Gasteiger partial charge in [-0.15, -0.1) is 0 Å². The van der Waals surface area contributed by atoms with Crippen LogP contribution in [-0.4, -0.2) is 11.8 Å². The van der Waals surface area contributed by atoms with Crippen molar-refractivity contribution in [2.75, 3.05) is 6.54 Å². The molecule has 0 saturated carbocycles. The summed E-state index contributed by atoms with van der Waals surface area (Å²) < 4.78 is 0. The summed E-state index contributed by atoms with van der Waals surface area (Å²) in [5.74, 6) is 1.79. The largest absolute Gasteiger partial charge is 0.309 e. The lowest BCUT2D eigenvalue weighted by Crippen LogP contribution is -2.33. The van der Waals surface area contributed by atoms with Crippen molar-refractivity contribution in [1.29, 1.82) is 0 Å². The van der Waals surface area contributed by atoms with Crippen LogP contribution in [0.15, 0.2) is 18.2 Å². The van der Waals surface area contributed by atoms with Crippen LogP contribution < -0.4 is 5.32 Å². The van der Waals surface area contributed by atoms with Gasteiger partial charge in [-0.25, -0.2) is 0 Å². The third kappa shape index (κ3) is 2.75. The highest BCUT2D eigenvalue weighted by atomic mass is 32.2. The number of benzene rings is 1. The van der Waals surface area contributed by atoms with Crippen molar-refractivity contribution in [3.8, 4) is 0 Å². The van der Waals surface area contributed by atoms with Crippen LogP contribution in [0.3, 0.4) is 0 Å². The highest BCUT2D eigenvalue weighted by Gasteiger charge is 2.28. The predicted molar refractivity (Wildman–Crippen MR) is 82.3 cm³/mol. The SMILES string of the molecule is CCNC1c2cc(C(C)C)ccc2CSC1CC. The fourth-order valence-corrected chi connectivity index (χ4v) is 4.03. The van der Waals surface area contributed by atoms with Gasteiger partial charge in [-0.05, 0) is 35.6 Å². The van der Waals surface area contributed by atoms with Crippen molar-refractivity contribution in [3.05, 3.63) is 34.9 Å². The van der Waals surface area contributed by atoms with E-state index < -0.39 is 0 Å². The minimum atomic E-state index is 0.535. The van der Waals surface area contributed by atoms with Crippen LogP contribution >= 0.6 is 11.8 Å². The molecule has 0 aliphatic carbocycles. The van der Waals surface area contributed by atoms with Gasteiger partial charge in [-0.3, -0.25) is 0 Å². The fraction of sp³-hybridized carbons (Fsp3) is 0.625. The van der Waals surface area contributed by atoms with E-state index in [2.05, 4.69) is 63.0 Å². The predicted octanol–water partition coefficient (Wildman–Crippen LogP) is 4.49. The van der Waals surface area contributed by atoms with Crippen LogP contribution in [0, 0.1) is 0 Å². The first-order valence-electron chi connectivity index (χ1n) is 7.15. The Balaban J connectivity index is 2.37. The van der Waals surface area contributed by atoms with E-state index >= 15 is 0 Å². The fourth-order valence-electron chi connectivity index (χ4n) is 2.70. The quantitative estimate of drug-likeness (QED) is 0.859. The number of hydrogen-bond donors (Lipinski definition) is 1. The van der Waals surface area contributed by atoms with E-state index in [0.29, 0.717) is 12.0 Å². The first-order chi connectivity index (χ1) is 8.67. The Kier molecular flexibility index (Phi) is 4.74. The molecule has 2 atom stereocenters. The van der Waals surface area contributed by atoms with Gasteiger partial charge >= 0.3 is 0 Å². The molecule has 2 heteroatoms. The normalized spacial score (nSPS) is 23.2. The Labute approximate surface area is 116 Å². The Morgan fingerprint density at radius 3 is 2.72 bits per heavy atom. The molecule has 0 saturated heterocycles. The first kappa shape index (κ1) is 14.0. The van der Waals surface area contributed by atoms with Crippen LogP contribution in [0.5, 0.6) is 0 Å². The topological polar surface area (TPSA) is 12.0 Å². The number of rotatable bonds is 4. The summed E-state index contributed by atoms with van der Waals surface area (Å²) in [5, 5.41) is 4.41. The molecule has 1 aliphatic heterocycles. The summed E-state index contributed by atoms with van der Waals surface area (Å²) >= 11 is 2.11. The Bertz CT molecular complexity index is 400. The lowest BCUT2D eigenvalue weighted by molar-refractivity contribution is 0.513. The van der Waals surface area contributed by atoms with Crippen molar-refractivity contribution in [1.82, 2.24) is 5.32 Å². The average molecular weight is 263 g/mol. The molecular weight excluding hydrogens is 238 g/mol. The number of fused-ring (bicyclic) bond motifs is 1. The Morgan fingerprint density at radius 1 is 1.33 bits per heavy atom. The second-order valence-electron chi connectivity index (χ2n) is 5.41. The number of thioether (sulfide) groups is 1. The molecule has 1 heterocycles. The van der Waals surface area contributed by atoms with E-state index in [-0.39, 0.29) is 0 Å². The molecule has 2 unspecified atom stereocenters. The molecular formula is C16H25NS. The molecule has 1 aromatic carbocycles. The van der Waals surface area contributed by atoms with Crippen LogP contribution in [-0.2, 0) is 5.75 Å². The van der Waals surface area contributed by atoms with E-state index in [0.717, 1.165) is 11.8 Å². The van der Waals surface area contributed by atoms with Gasteiger partial charge in [-0.1, -0.05) is 45.9 Å². The number of hydrogen-bond acceptors (Lipinski definition) is 2. The summed E-state index contributed by atoms with van der Waals surface area (Å²) in [5.41, 5.74) is 4.55. The third-order valence-corrected chi connectivity index (χ3v) is 5.33. The maximum Gasteiger partial charge on any atom is 0.0443 e. The molecule has 2 rings (SSSR count). The van der Waals surface area contributed by atoms with E-state index in [1.165, 1.54) is 23.3 Å². The number of nitrogens with one attached hydrogen (secondary N) is 1. The standard InChI is InChI=1S/C16H25NS/c1-5-15-16(17-6-2)14-9-12(11(3)4)7-8-13(14)10-18-15/h7-9,11,15-17H,5-6,10H2,1-4H3. The Morgan fingerprint density at radius 2 is 2.11 bits per heavy atom. The summed E-state index contributed by atoms with van der Waals surface area (Å²) in [7, 11) is 0. The van der Waals surface area contributed by atoms with Crippen molar-refractivity contribution in [2.45, 2.75) is 57.1 Å². The summed E-state index contributed by atoms with van der Waals surface area (Å²) in [6, 6.07) is 7.62. The van der Waals surface area contributed by atoms with Crippen molar-refractivity contribution in [2.24, 2.45) is 0 Å². The molecule has 1 aliphatic rings. The van der Waals surface area contributed by atoms with Gasteiger partial charge in [-0.2, -0.15) is 11.8 Å². The molecule has 100 valence electrons. The second-order valence-corrected chi connectivity index (χ2v) is 6.63. The molecule has 0 radical (unpaired) electrons. The van der Waals surface area contributed by atoms with Crippen LogP contribution in [0.25, 0.3) is 0 Å². The highest BCUT2D eigenvalue weighted by Crippen LogP contribution is 2.40. The highest BCUT2D eigenvalue weighted by molar-refractivity contribution is 7.99. The van der Waals surface area contributed by atoms with Crippen LogP contribution in [0.1, 0.15) is 62.8 Å². The zero-order chi connectivity index (χ0) is 13.1. The third-order valence-electron chi connectivity index (χ3n) is 3.82. The maximum absolute atomic E-state index is 3.69. The van der Waals surface area contributed by atoms with Crippen molar-refractivity contribution < 1.29 is 0 Å². The van der Waals surface area contributed by atoms with Gasteiger partial charge < -0.3 is 5.32 Å². The minimum absolute atomic E-state index is 0.535. The molecule has 1 N–H and O–H groups in total. The lowest BCUT2D eigenvalue weighted by Gasteiger charge is -2.34. The molecule has 0 spiro atoms. The zero-order valence-corrected chi connectivity index (χ0v) is 12.8. The molecule has 0 aromatic heterocycles. The lowest BCUT2D eigenvalue weighted by atomic mass is 9.91. The summed E-state index contributed by atoms with van der Waals surface area (Å²) in [6.07, 6.45) is 1.24. The average Bonchev–Trinajstić information content (AvgIpc) is 2.38. The molecule has 0 amide bonds. The molecule has 0 fully saturated rings. The van der Waals surface area contributed by atoms with Gasteiger partial charge in [0.15, 0.2) is 0 Å². The van der Waals surface area contributed by atoms with Crippen LogP contribution in [0.2, 0.25) is 0 Å². The smallest absolute Gasteiger partial charge is 0.0443 e. The van der Waals surface area contributed by atoms with Gasteiger partial charge in [0.1, 0.15) is 0 Å². The molecule has 1 aromatic rings. The molecule has 0 bridgehead atoms. The van der Waals surface area contributed by atoms with Crippen molar-refractivity contribution in [3.63, 3.8) is 0 Å². The zero-order valence-electron chi connectivity index (χ0n) is 12.0. The monoisotopic (exact) mass is 263 g/mol. The van der Waals surface area contributed by atoms with Gasteiger partial charge in [0.2, 0.25) is 0 Å². The Hall–Kier alpha value is -0.470. The van der Waals surface area contributed by atoms with Crippen LogP contribution in [0.4, 0.5) is 0 Å².